The van der Waals surface area contributed by atoms with Gasteiger partial charge in [-0.05, 0) is 33.2 Å². The largest absolute Gasteiger partial charge is 0.379 e. The van der Waals surface area contributed by atoms with E-state index in [9.17, 15) is 0 Å². The minimum Gasteiger partial charge on any atom is -0.379 e. The molecule has 0 N–H and O–H groups in total. The second-order valence-electron chi connectivity index (χ2n) is 8.21. The Hall–Kier alpha value is -0.160. The van der Waals surface area contributed by atoms with E-state index in [2.05, 4.69) is 58.4 Å². The van der Waals surface area contributed by atoms with E-state index in [4.69, 9.17) is 9.47 Å². The lowest BCUT2D eigenvalue weighted by Crippen LogP contribution is -2.49. The van der Waals surface area contributed by atoms with E-state index in [1.54, 1.807) is 0 Å². The van der Waals surface area contributed by atoms with E-state index in [1.165, 1.54) is 0 Å². The first-order valence-electron chi connectivity index (χ1n) is 8.23. The monoisotopic (exact) mass is 300 g/mol. The third kappa shape index (κ3) is 6.64. The van der Waals surface area contributed by atoms with Gasteiger partial charge in [0.2, 0.25) is 0 Å². The summed E-state index contributed by atoms with van der Waals surface area (Å²) < 4.78 is 10.7. The van der Waals surface area contributed by atoms with Crippen LogP contribution in [0.1, 0.15) is 41.5 Å². The van der Waals surface area contributed by atoms with Crippen LogP contribution < -0.4 is 0 Å². The molecule has 0 aromatic rings. The van der Waals surface area contributed by atoms with Crippen LogP contribution in [0.4, 0.5) is 0 Å². The Labute approximate surface area is 131 Å². The van der Waals surface area contributed by atoms with E-state index in [-0.39, 0.29) is 0 Å². The van der Waals surface area contributed by atoms with E-state index >= 15 is 0 Å². The molecule has 0 bridgehead atoms. The Bertz CT molecular complexity index is 288. The van der Waals surface area contributed by atoms with E-state index in [0.29, 0.717) is 17.0 Å². The summed E-state index contributed by atoms with van der Waals surface area (Å²) >= 11 is 0. The van der Waals surface area contributed by atoms with Gasteiger partial charge in [-0.3, -0.25) is 9.80 Å². The van der Waals surface area contributed by atoms with Gasteiger partial charge in [0.15, 0.2) is 0 Å². The van der Waals surface area contributed by atoms with Crippen molar-refractivity contribution in [3.63, 3.8) is 0 Å². The second-order valence-corrected chi connectivity index (χ2v) is 8.21. The van der Waals surface area contributed by atoms with Crippen molar-refractivity contribution < 1.29 is 9.47 Å². The summed E-state index contributed by atoms with van der Waals surface area (Å²) in [4.78, 5) is 4.85. The third-order valence-corrected chi connectivity index (χ3v) is 4.36. The molecule has 1 atom stereocenters. The van der Waals surface area contributed by atoms with E-state index < -0.39 is 0 Å². The van der Waals surface area contributed by atoms with Crippen molar-refractivity contribution in [1.82, 2.24) is 9.80 Å². The molecule has 2 heterocycles. The summed E-state index contributed by atoms with van der Waals surface area (Å²) in [5.74, 6) is 0. The normalized spacial score (nSPS) is 26.1. The van der Waals surface area contributed by atoms with Gasteiger partial charge in [-0.2, -0.15) is 0 Å². The number of rotatable bonds is 0. The van der Waals surface area contributed by atoms with Crippen molar-refractivity contribution in [2.24, 2.45) is 5.41 Å². The maximum Gasteiger partial charge on any atom is 0.0627 e. The van der Waals surface area contributed by atoms with Gasteiger partial charge >= 0.3 is 0 Å². The molecule has 0 radical (unpaired) electrons. The summed E-state index contributed by atoms with van der Waals surface area (Å²) in [6, 6.07) is 0.580. The van der Waals surface area contributed by atoms with Gasteiger partial charge in [0.25, 0.3) is 0 Å². The number of nitrogens with zero attached hydrogens (tertiary/aromatic N) is 2. The highest BCUT2D eigenvalue weighted by Crippen LogP contribution is 2.25. The summed E-state index contributed by atoms with van der Waals surface area (Å²) in [6.45, 7) is 20.4. The molecule has 0 aromatic carbocycles. The Balaban J connectivity index is 0.000000211. The Morgan fingerprint density at radius 1 is 0.810 bits per heavy atom. The summed E-state index contributed by atoms with van der Waals surface area (Å²) in [5.41, 5.74) is 0.666. The van der Waals surface area contributed by atoms with E-state index in [1.807, 2.05) is 0 Å². The standard InChI is InChI=1S/C9H19NO.C8H17NO/c1-9(2,3)8-7-11-6-5-10(8)4;1-8(2,3)9-4-6-10-7-5-9/h8H,5-7H2,1-4H3;4-7H2,1-3H3. The van der Waals surface area contributed by atoms with Crippen molar-refractivity contribution in [3.8, 4) is 0 Å². The lowest BCUT2D eigenvalue weighted by Gasteiger charge is -2.40. The van der Waals surface area contributed by atoms with Crippen LogP contribution in [-0.2, 0) is 9.47 Å². The molecular weight excluding hydrogens is 264 g/mol. The Morgan fingerprint density at radius 2 is 1.33 bits per heavy atom. The van der Waals surface area contributed by atoms with Crippen LogP contribution in [0.25, 0.3) is 0 Å². The number of hydrogen-bond acceptors (Lipinski definition) is 4. The highest BCUT2D eigenvalue weighted by molar-refractivity contribution is 4.83. The molecule has 2 rings (SSSR count). The van der Waals surface area contributed by atoms with Gasteiger partial charge in [0.05, 0.1) is 26.4 Å². The number of ether oxygens (including phenoxy) is 2. The lowest BCUT2D eigenvalue weighted by molar-refractivity contribution is -0.0353. The van der Waals surface area contributed by atoms with Crippen molar-refractivity contribution in [1.29, 1.82) is 0 Å². The highest BCUT2D eigenvalue weighted by atomic mass is 16.5. The van der Waals surface area contributed by atoms with Gasteiger partial charge in [0.1, 0.15) is 0 Å². The van der Waals surface area contributed by atoms with Crippen molar-refractivity contribution in [2.45, 2.75) is 53.1 Å². The maximum absolute atomic E-state index is 5.44. The van der Waals surface area contributed by atoms with Crippen molar-refractivity contribution in [3.05, 3.63) is 0 Å². The molecule has 0 amide bonds. The first-order chi connectivity index (χ1) is 9.62. The van der Waals surface area contributed by atoms with Gasteiger partial charge in [-0.15, -0.1) is 0 Å². The van der Waals surface area contributed by atoms with Gasteiger partial charge < -0.3 is 9.47 Å². The fraction of sp³-hybridized carbons (Fsp3) is 1.00. The fourth-order valence-corrected chi connectivity index (χ4v) is 2.83. The number of hydrogen-bond donors (Lipinski definition) is 0. The Kier molecular flexibility index (Phi) is 7.11. The predicted octanol–water partition coefficient (Wildman–Crippen LogP) is 2.48. The zero-order valence-electron chi connectivity index (χ0n) is 15.2. The molecular formula is C17H36N2O2. The third-order valence-electron chi connectivity index (χ3n) is 4.36. The first-order valence-corrected chi connectivity index (χ1v) is 8.23. The molecule has 0 aliphatic carbocycles. The molecule has 0 aromatic heterocycles. The van der Waals surface area contributed by atoms with Gasteiger partial charge in [-0.25, -0.2) is 0 Å². The first kappa shape index (κ1) is 18.9. The summed E-state index contributed by atoms with van der Waals surface area (Å²) in [7, 11) is 2.18. The molecule has 126 valence electrons. The number of morpholine rings is 2. The van der Waals surface area contributed by atoms with Crippen LogP contribution in [-0.4, -0.2) is 74.5 Å². The molecule has 21 heavy (non-hydrogen) atoms. The SMILES string of the molecule is CC(C)(C)N1CCOCC1.CN1CCOCC1C(C)(C)C. The number of likely N-dealkylation sites (N-methyl/N-ethyl adjacent to an activating group) is 1. The molecule has 2 aliphatic heterocycles. The van der Waals surface area contributed by atoms with Crippen LogP contribution in [0.3, 0.4) is 0 Å². The minimum atomic E-state index is 0.323. The van der Waals surface area contributed by atoms with Gasteiger partial charge in [-0.1, -0.05) is 20.8 Å². The fourth-order valence-electron chi connectivity index (χ4n) is 2.83. The van der Waals surface area contributed by atoms with Crippen LogP contribution in [0.15, 0.2) is 0 Å². The zero-order chi connectivity index (χ0) is 16.1. The average Bonchev–Trinajstić information content (AvgIpc) is 2.39. The van der Waals surface area contributed by atoms with Crippen LogP contribution >= 0.6 is 0 Å². The maximum atomic E-state index is 5.44. The highest BCUT2D eigenvalue weighted by Gasteiger charge is 2.30. The lowest BCUT2D eigenvalue weighted by atomic mass is 9.86. The average molecular weight is 300 g/mol. The summed E-state index contributed by atoms with van der Waals surface area (Å²) in [6.07, 6.45) is 0. The zero-order valence-corrected chi connectivity index (χ0v) is 15.2. The molecule has 2 saturated heterocycles. The van der Waals surface area contributed by atoms with E-state index in [0.717, 1.165) is 46.1 Å². The smallest absolute Gasteiger partial charge is 0.0627 e. The molecule has 0 saturated carbocycles. The van der Waals surface area contributed by atoms with Crippen LogP contribution in [0, 0.1) is 5.41 Å². The quantitative estimate of drug-likeness (QED) is 0.686. The van der Waals surface area contributed by atoms with Crippen molar-refractivity contribution in [2.75, 3.05) is 53.1 Å². The van der Waals surface area contributed by atoms with Crippen LogP contribution in [0.2, 0.25) is 0 Å². The molecule has 1 unspecified atom stereocenters. The Morgan fingerprint density at radius 3 is 1.67 bits per heavy atom. The second kappa shape index (κ2) is 7.91. The molecule has 0 spiro atoms. The minimum absolute atomic E-state index is 0.323. The molecule has 4 heteroatoms. The van der Waals surface area contributed by atoms with Gasteiger partial charge in [0, 0.05) is 31.2 Å². The van der Waals surface area contributed by atoms with Crippen LogP contribution in [0.5, 0.6) is 0 Å². The predicted molar refractivity (Wildman–Crippen MR) is 88.8 cm³/mol. The molecule has 4 nitrogen and oxygen atoms in total. The topological polar surface area (TPSA) is 24.9 Å². The summed E-state index contributed by atoms with van der Waals surface area (Å²) in [5, 5.41) is 0. The molecule has 2 fully saturated rings. The van der Waals surface area contributed by atoms with Crippen molar-refractivity contribution >= 4 is 0 Å². The molecule has 2 aliphatic rings.